The van der Waals surface area contributed by atoms with Crippen molar-refractivity contribution in [3.63, 3.8) is 0 Å². The fraction of sp³-hybridized carbons (Fsp3) is 1.00. The van der Waals surface area contributed by atoms with Crippen LogP contribution in [-0.2, 0) is 0 Å². The summed E-state index contributed by atoms with van der Waals surface area (Å²) >= 11 is 0. The highest BCUT2D eigenvalue weighted by molar-refractivity contribution is 4.82. The van der Waals surface area contributed by atoms with Gasteiger partial charge in [0, 0.05) is 0 Å². The van der Waals surface area contributed by atoms with Crippen LogP contribution in [0.4, 0.5) is 0 Å². The molecule has 1 atom stereocenters. The van der Waals surface area contributed by atoms with Crippen molar-refractivity contribution >= 4 is 0 Å². The van der Waals surface area contributed by atoms with Gasteiger partial charge in [-0.1, -0.05) is 17.9 Å². The van der Waals surface area contributed by atoms with Crippen molar-refractivity contribution in [2.24, 2.45) is 0 Å². The highest BCUT2D eigenvalue weighted by Crippen LogP contribution is 2.27. The van der Waals surface area contributed by atoms with Gasteiger partial charge in [0.25, 0.3) is 0 Å². The third-order valence-corrected chi connectivity index (χ3v) is 2.75. The first-order valence-corrected chi connectivity index (χ1v) is 4.54. The lowest BCUT2D eigenvalue weighted by atomic mass is 9.98. The molecule has 0 saturated carbocycles. The lowest BCUT2D eigenvalue weighted by Crippen LogP contribution is -2.45. The number of rotatable bonds is 0. The Labute approximate surface area is 69.2 Å². The average Bonchev–Trinajstić information content (AvgIpc) is 2.03. The van der Waals surface area contributed by atoms with Gasteiger partial charge in [0.05, 0.1) is 11.6 Å². The molecule has 0 unspecified atom stereocenters. The van der Waals surface area contributed by atoms with E-state index < -0.39 is 0 Å². The molecule has 1 rings (SSSR count). The monoisotopic (exact) mass is 158 g/mol. The molecule has 0 radical (unpaired) electrons. The lowest BCUT2D eigenvalue weighted by molar-refractivity contribution is -0.186. The maximum Gasteiger partial charge on any atom is 0.0831 e. The van der Waals surface area contributed by atoms with E-state index in [0.717, 1.165) is 0 Å². The summed E-state index contributed by atoms with van der Waals surface area (Å²) in [5.41, 5.74) is 0.0932. The molecule has 0 bridgehead atoms. The van der Waals surface area contributed by atoms with Gasteiger partial charge in [-0.25, -0.2) is 0 Å². The van der Waals surface area contributed by atoms with Crippen molar-refractivity contribution in [1.82, 2.24) is 5.06 Å². The van der Waals surface area contributed by atoms with E-state index in [2.05, 4.69) is 20.8 Å². The highest BCUT2D eigenvalue weighted by Gasteiger charge is 2.34. The Balaban J connectivity index is 2.65. The second-order valence-corrected chi connectivity index (χ2v) is 4.28. The molecule has 1 saturated heterocycles. The zero-order chi connectivity index (χ0) is 8.48. The average molecular weight is 158 g/mol. The van der Waals surface area contributed by atoms with Gasteiger partial charge in [0.2, 0.25) is 0 Å². The summed E-state index contributed by atoms with van der Waals surface area (Å²) in [7, 11) is 0. The molecule has 1 heterocycles. The van der Waals surface area contributed by atoms with E-state index in [-0.39, 0.29) is 5.54 Å². The Hall–Kier alpha value is -0.0800. The van der Waals surface area contributed by atoms with Crippen LogP contribution in [-0.4, -0.2) is 21.9 Å². The van der Waals surface area contributed by atoms with E-state index in [4.69, 9.17) is 5.21 Å². The SMILES string of the molecule is C[C@@H]1CCCCC(C)(C)N1[OH2+]. The zero-order valence-corrected chi connectivity index (χ0v) is 7.85. The maximum absolute atomic E-state index is 7.85. The Morgan fingerprint density at radius 2 is 2.00 bits per heavy atom. The minimum Gasteiger partial charge on any atom is -0.338 e. The van der Waals surface area contributed by atoms with E-state index in [1.165, 1.54) is 25.7 Å². The summed E-state index contributed by atoms with van der Waals surface area (Å²) in [5.74, 6) is 0. The van der Waals surface area contributed by atoms with Gasteiger partial charge in [-0.3, -0.25) is 0 Å². The molecular formula is C9H20NO+. The van der Waals surface area contributed by atoms with Gasteiger partial charge in [0.1, 0.15) is 0 Å². The second kappa shape index (κ2) is 3.11. The summed E-state index contributed by atoms with van der Waals surface area (Å²) in [5, 5.41) is 9.63. The lowest BCUT2D eigenvalue weighted by Gasteiger charge is -2.30. The quantitative estimate of drug-likeness (QED) is 0.492. The van der Waals surface area contributed by atoms with Crippen molar-refractivity contribution in [3.8, 4) is 0 Å². The van der Waals surface area contributed by atoms with Crippen molar-refractivity contribution in [3.05, 3.63) is 0 Å². The van der Waals surface area contributed by atoms with Crippen molar-refractivity contribution < 1.29 is 5.21 Å². The normalized spacial score (nSPS) is 33.3. The van der Waals surface area contributed by atoms with E-state index in [9.17, 15) is 0 Å². The zero-order valence-electron chi connectivity index (χ0n) is 7.85. The minimum absolute atomic E-state index is 0.0932. The summed E-state index contributed by atoms with van der Waals surface area (Å²) < 4.78 is 0. The fourth-order valence-corrected chi connectivity index (χ4v) is 1.84. The standard InChI is InChI=1S/C9H19NO/c1-8-6-4-5-7-9(2,3)10(8)11/h8,11H,4-7H2,1-3H3/p+1/t8-/m1/s1. The van der Waals surface area contributed by atoms with Crippen LogP contribution < -0.4 is 0 Å². The number of hydrogen-bond donors (Lipinski definition) is 0. The fourth-order valence-electron chi connectivity index (χ4n) is 1.84. The molecule has 0 spiro atoms. The third kappa shape index (κ3) is 1.94. The van der Waals surface area contributed by atoms with Crippen molar-refractivity contribution in [1.29, 1.82) is 0 Å². The van der Waals surface area contributed by atoms with Gasteiger partial charge in [-0.15, -0.1) is 0 Å². The van der Waals surface area contributed by atoms with E-state index in [1.807, 2.05) is 0 Å². The molecular weight excluding hydrogens is 138 g/mol. The summed E-state index contributed by atoms with van der Waals surface area (Å²) in [6.07, 6.45) is 4.93. The predicted octanol–water partition coefficient (Wildman–Crippen LogP) is 1.67. The van der Waals surface area contributed by atoms with Gasteiger partial charge >= 0.3 is 0 Å². The van der Waals surface area contributed by atoms with Crippen LogP contribution in [0.3, 0.4) is 0 Å². The molecule has 1 aliphatic heterocycles. The smallest absolute Gasteiger partial charge is 0.0831 e. The molecule has 0 amide bonds. The van der Waals surface area contributed by atoms with Gasteiger partial charge in [0.15, 0.2) is 0 Å². The molecule has 0 aromatic rings. The van der Waals surface area contributed by atoms with Crippen LogP contribution in [0.2, 0.25) is 0 Å². The molecule has 2 N–H and O–H groups in total. The molecule has 66 valence electrons. The summed E-state index contributed by atoms with van der Waals surface area (Å²) in [4.78, 5) is 0. The minimum atomic E-state index is 0.0932. The number of nitrogens with zero attached hydrogens (tertiary/aromatic N) is 1. The van der Waals surface area contributed by atoms with Crippen LogP contribution in [0.15, 0.2) is 0 Å². The van der Waals surface area contributed by atoms with Crippen LogP contribution in [0, 0.1) is 0 Å². The van der Waals surface area contributed by atoms with Crippen LogP contribution in [0.1, 0.15) is 46.5 Å². The van der Waals surface area contributed by atoms with Crippen LogP contribution >= 0.6 is 0 Å². The largest absolute Gasteiger partial charge is 0.338 e. The highest BCUT2D eigenvalue weighted by atomic mass is 16.5. The summed E-state index contributed by atoms with van der Waals surface area (Å²) in [6, 6.07) is 0.437. The molecule has 11 heavy (non-hydrogen) atoms. The number of hydrogen-bond acceptors (Lipinski definition) is 1. The van der Waals surface area contributed by atoms with Gasteiger partial charge in [-0.2, -0.15) is 0 Å². The van der Waals surface area contributed by atoms with Crippen molar-refractivity contribution in [2.75, 3.05) is 0 Å². The van der Waals surface area contributed by atoms with E-state index >= 15 is 0 Å². The molecule has 2 heteroatoms. The molecule has 2 nitrogen and oxygen atoms in total. The maximum atomic E-state index is 7.85. The topological polar surface area (TPSA) is 26.1 Å². The van der Waals surface area contributed by atoms with Crippen LogP contribution in [0.5, 0.6) is 0 Å². The predicted molar refractivity (Wildman–Crippen MR) is 47.5 cm³/mol. The molecule has 0 aromatic heterocycles. The van der Waals surface area contributed by atoms with Crippen LogP contribution in [0.25, 0.3) is 0 Å². The number of hydroxylamine groups is 2. The van der Waals surface area contributed by atoms with Crippen molar-refractivity contribution in [2.45, 2.75) is 58.0 Å². The first-order valence-electron chi connectivity index (χ1n) is 4.54. The Morgan fingerprint density at radius 1 is 1.36 bits per heavy atom. The van der Waals surface area contributed by atoms with Gasteiger partial charge < -0.3 is 5.21 Å². The Kier molecular flexibility index (Phi) is 2.55. The van der Waals surface area contributed by atoms with Gasteiger partial charge in [-0.05, 0) is 33.6 Å². The first-order chi connectivity index (χ1) is 5.04. The molecule has 1 aliphatic rings. The third-order valence-electron chi connectivity index (χ3n) is 2.75. The van der Waals surface area contributed by atoms with E-state index in [0.29, 0.717) is 6.04 Å². The molecule has 1 fully saturated rings. The Morgan fingerprint density at radius 3 is 2.64 bits per heavy atom. The molecule has 0 aliphatic carbocycles. The second-order valence-electron chi connectivity index (χ2n) is 4.28. The molecule has 0 aromatic carbocycles. The van der Waals surface area contributed by atoms with E-state index in [1.54, 1.807) is 5.06 Å². The Bertz CT molecular complexity index is 134. The first kappa shape index (κ1) is 9.01. The summed E-state index contributed by atoms with van der Waals surface area (Å²) in [6.45, 7) is 6.49.